The van der Waals surface area contributed by atoms with E-state index in [2.05, 4.69) is 38.2 Å². The Balaban J connectivity index is 1.94. The number of aliphatic hydroxyl groups is 1. The van der Waals surface area contributed by atoms with Gasteiger partial charge >= 0.3 is 0 Å². The summed E-state index contributed by atoms with van der Waals surface area (Å²) in [5.74, 6) is -0.383. The molecule has 0 saturated heterocycles. The fourth-order valence-electron chi connectivity index (χ4n) is 2.20. The molecular weight excluding hydrogens is 274 g/mol. The number of hydrogen-bond donors (Lipinski definition) is 2. The molecule has 0 heterocycles. The minimum atomic E-state index is -1.13. The maximum absolute atomic E-state index is 12.0. The van der Waals surface area contributed by atoms with Gasteiger partial charge in [-0.25, -0.2) is 0 Å². The van der Waals surface area contributed by atoms with Gasteiger partial charge in [0.05, 0.1) is 0 Å². The molecule has 0 aliphatic carbocycles. The maximum atomic E-state index is 12.0. The lowest BCUT2D eigenvalue weighted by Crippen LogP contribution is -2.28. The van der Waals surface area contributed by atoms with Crippen molar-refractivity contribution in [1.82, 2.24) is 5.32 Å². The Bertz CT molecular complexity index is 612. The van der Waals surface area contributed by atoms with Gasteiger partial charge in [-0.2, -0.15) is 0 Å². The summed E-state index contributed by atoms with van der Waals surface area (Å²) >= 11 is 0. The second-order valence-corrected chi connectivity index (χ2v) is 6.48. The zero-order chi connectivity index (χ0) is 16.2. The summed E-state index contributed by atoms with van der Waals surface area (Å²) < 4.78 is 0. The second kappa shape index (κ2) is 6.75. The van der Waals surface area contributed by atoms with E-state index in [1.165, 1.54) is 5.56 Å². The van der Waals surface area contributed by atoms with Gasteiger partial charge in [0.25, 0.3) is 5.91 Å². The maximum Gasteiger partial charge on any atom is 0.253 e. The minimum absolute atomic E-state index is 0.116. The number of carbonyl (C=O) groups is 1. The van der Waals surface area contributed by atoms with Crippen LogP contribution in [0.4, 0.5) is 0 Å². The van der Waals surface area contributed by atoms with E-state index in [9.17, 15) is 9.90 Å². The van der Waals surface area contributed by atoms with Gasteiger partial charge in [0.2, 0.25) is 0 Å². The number of rotatable bonds is 4. The van der Waals surface area contributed by atoms with Crippen molar-refractivity contribution in [2.45, 2.75) is 38.8 Å². The third kappa shape index (κ3) is 4.18. The summed E-state index contributed by atoms with van der Waals surface area (Å²) in [5, 5.41) is 12.8. The van der Waals surface area contributed by atoms with Crippen LogP contribution in [0.5, 0.6) is 0 Å². The van der Waals surface area contributed by atoms with Gasteiger partial charge in [-0.05, 0) is 22.1 Å². The standard InChI is InChI=1S/C19H23NO2/c1-19(2,3)16-11-9-14(10-12-16)13-20-18(22)17(21)15-7-5-4-6-8-15/h4-12,17,21H,13H2,1-3H3,(H,20,22). The van der Waals surface area contributed by atoms with Crippen LogP contribution < -0.4 is 5.32 Å². The van der Waals surface area contributed by atoms with Crippen LogP contribution in [-0.4, -0.2) is 11.0 Å². The monoisotopic (exact) mass is 297 g/mol. The summed E-state index contributed by atoms with van der Waals surface area (Å²) in [6, 6.07) is 17.1. The molecule has 2 N–H and O–H groups in total. The van der Waals surface area contributed by atoms with Crippen LogP contribution in [0.3, 0.4) is 0 Å². The predicted octanol–water partition coefficient (Wildman–Crippen LogP) is 3.33. The van der Waals surface area contributed by atoms with Crippen LogP contribution in [0.2, 0.25) is 0 Å². The highest BCUT2D eigenvalue weighted by molar-refractivity contribution is 5.81. The van der Waals surface area contributed by atoms with Crippen LogP contribution >= 0.6 is 0 Å². The van der Waals surface area contributed by atoms with Gasteiger partial charge in [-0.15, -0.1) is 0 Å². The smallest absolute Gasteiger partial charge is 0.253 e. The van der Waals surface area contributed by atoms with Crippen LogP contribution in [0.1, 0.15) is 43.6 Å². The van der Waals surface area contributed by atoms with Gasteiger partial charge in [0, 0.05) is 6.54 Å². The van der Waals surface area contributed by atoms with Gasteiger partial charge in [-0.3, -0.25) is 4.79 Å². The van der Waals surface area contributed by atoms with Gasteiger partial charge in [0.15, 0.2) is 6.10 Å². The average molecular weight is 297 g/mol. The van der Waals surface area contributed by atoms with E-state index in [-0.39, 0.29) is 11.3 Å². The Hall–Kier alpha value is -2.13. The minimum Gasteiger partial charge on any atom is -0.378 e. The molecule has 22 heavy (non-hydrogen) atoms. The van der Waals surface area contributed by atoms with Crippen LogP contribution in [0.15, 0.2) is 54.6 Å². The Morgan fingerprint density at radius 2 is 1.64 bits per heavy atom. The van der Waals surface area contributed by atoms with Crippen molar-refractivity contribution in [3.63, 3.8) is 0 Å². The molecule has 2 aromatic carbocycles. The first-order valence-corrected chi connectivity index (χ1v) is 7.48. The molecule has 0 aliphatic rings. The molecular formula is C19H23NO2. The van der Waals surface area contributed by atoms with Crippen LogP contribution in [0.25, 0.3) is 0 Å². The van der Waals surface area contributed by atoms with Gasteiger partial charge < -0.3 is 10.4 Å². The van der Waals surface area contributed by atoms with Crippen molar-refractivity contribution in [3.05, 3.63) is 71.3 Å². The highest BCUT2D eigenvalue weighted by Gasteiger charge is 2.17. The van der Waals surface area contributed by atoms with Crippen LogP contribution in [0, 0.1) is 0 Å². The summed E-state index contributed by atoms with van der Waals surface area (Å²) in [6.45, 7) is 6.91. The molecule has 0 saturated carbocycles. The molecule has 0 spiro atoms. The first kappa shape index (κ1) is 16.2. The van der Waals surface area contributed by atoms with E-state index in [0.717, 1.165) is 5.56 Å². The number of amides is 1. The molecule has 2 rings (SSSR count). The predicted molar refractivity (Wildman–Crippen MR) is 88.4 cm³/mol. The average Bonchev–Trinajstić information content (AvgIpc) is 2.52. The lowest BCUT2D eigenvalue weighted by atomic mass is 9.87. The number of carbonyl (C=O) groups excluding carboxylic acids is 1. The van der Waals surface area contributed by atoms with Gasteiger partial charge in [-0.1, -0.05) is 75.4 Å². The Labute approximate surface area is 132 Å². The molecule has 1 amide bonds. The fourth-order valence-corrected chi connectivity index (χ4v) is 2.20. The van der Waals surface area contributed by atoms with Crippen LogP contribution in [-0.2, 0) is 16.8 Å². The van der Waals surface area contributed by atoms with Crippen molar-refractivity contribution >= 4 is 5.91 Å². The number of hydrogen-bond acceptors (Lipinski definition) is 2. The van der Waals surface area contributed by atoms with Crippen molar-refractivity contribution in [1.29, 1.82) is 0 Å². The molecule has 0 aromatic heterocycles. The topological polar surface area (TPSA) is 49.3 Å². The van der Waals surface area contributed by atoms with E-state index in [1.54, 1.807) is 24.3 Å². The van der Waals surface area contributed by atoms with E-state index in [1.807, 2.05) is 18.2 Å². The summed E-state index contributed by atoms with van der Waals surface area (Å²) in [6.07, 6.45) is -1.13. The molecule has 0 bridgehead atoms. The second-order valence-electron chi connectivity index (χ2n) is 6.48. The zero-order valence-corrected chi connectivity index (χ0v) is 13.3. The summed E-state index contributed by atoms with van der Waals surface area (Å²) in [5.41, 5.74) is 2.99. The van der Waals surface area contributed by atoms with E-state index < -0.39 is 6.10 Å². The lowest BCUT2D eigenvalue weighted by molar-refractivity contribution is -0.129. The highest BCUT2D eigenvalue weighted by atomic mass is 16.3. The lowest BCUT2D eigenvalue weighted by Gasteiger charge is -2.19. The zero-order valence-electron chi connectivity index (χ0n) is 13.3. The third-order valence-corrected chi connectivity index (χ3v) is 3.65. The quantitative estimate of drug-likeness (QED) is 0.909. The SMILES string of the molecule is CC(C)(C)c1ccc(CNC(=O)C(O)c2ccccc2)cc1. The fraction of sp³-hybridized carbons (Fsp3) is 0.316. The Morgan fingerprint density at radius 1 is 1.05 bits per heavy atom. The van der Waals surface area contributed by atoms with E-state index in [0.29, 0.717) is 12.1 Å². The summed E-state index contributed by atoms with van der Waals surface area (Å²) in [4.78, 5) is 12.0. The van der Waals surface area contributed by atoms with Crippen molar-refractivity contribution in [3.8, 4) is 0 Å². The molecule has 0 aliphatic heterocycles. The third-order valence-electron chi connectivity index (χ3n) is 3.65. The molecule has 0 fully saturated rings. The molecule has 1 atom stereocenters. The molecule has 116 valence electrons. The Morgan fingerprint density at radius 3 is 2.18 bits per heavy atom. The van der Waals surface area contributed by atoms with E-state index >= 15 is 0 Å². The molecule has 1 unspecified atom stereocenters. The highest BCUT2D eigenvalue weighted by Crippen LogP contribution is 2.22. The van der Waals surface area contributed by atoms with Crippen molar-refractivity contribution in [2.24, 2.45) is 0 Å². The number of benzene rings is 2. The first-order chi connectivity index (χ1) is 10.4. The molecule has 0 radical (unpaired) electrons. The normalized spacial score (nSPS) is 12.7. The Kier molecular flexibility index (Phi) is 4.99. The van der Waals surface area contributed by atoms with Crippen molar-refractivity contribution < 1.29 is 9.90 Å². The first-order valence-electron chi connectivity index (χ1n) is 7.48. The van der Waals surface area contributed by atoms with Crippen molar-refractivity contribution in [2.75, 3.05) is 0 Å². The van der Waals surface area contributed by atoms with Gasteiger partial charge in [0.1, 0.15) is 0 Å². The summed E-state index contributed by atoms with van der Waals surface area (Å²) in [7, 11) is 0. The number of nitrogens with one attached hydrogen (secondary N) is 1. The molecule has 3 heteroatoms. The van der Waals surface area contributed by atoms with E-state index in [4.69, 9.17) is 0 Å². The molecule has 2 aromatic rings. The largest absolute Gasteiger partial charge is 0.378 e. The molecule has 3 nitrogen and oxygen atoms in total. The number of aliphatic hydroxyl groups excluding tert-OH is 1.